The van der Waals surface area contributed by atoms with Crippen LogP contribution in [0.3, 0.4) is 0 Å². The van der Waals surface area contributed by atoms with Crippen molar-refractivity contribution < 1.29 is 28.7 Å². The lowest BCUT2D eigenvalue weighted by Gasteiger charge is -2.30. The molecular formula is C20H28N2O6S. The van der Waals surface area contributed by atoms with Crippen LogP contribution in [0.1, 0.15) is 59.2 Å². The summed E-state index contributed by atoms with van der Waals surface area (Å²) in [6, 6.07) is 0. The number of likely N-dealkylation sites (tertiary alicyclic amines) is 1. The molecule has 8 nitrogen and oxygen atoms in total. The molecule has 1 fully saturated rings. The highest BCUT2D eigenvalue weighted by molar-refractivity contribution is 7.18. The lowest BCUT2D eigenvalue weighted by Crippen LogP contribution is -2.43. The summed E-state index contributed by atoms with van der Waals surface area (Å²) in [6.07, 6.45) is 1.55. The van der Waals surface area contributed by atoms with Crippen LogP contribution in [0.25, 0.3) is 0 Å². The Bertz CT molecular complexity index is 788. The molecule has 0 spiro atoms. The minimum absolute atomic E-state index is 0.0878. The Labute approximate surface area is 174 Å². The number of hydrogen-bond donors (Lipinski definition) is 1. The Morgan fingerprint density at radius 1 is 1.17 bits per heavy atom. The lowest BCUT2D eigenvalue weighted by molar-refractivity contribution is -0.150. The second-order valence-corrected chi connectivity index (χ2v) is 7.93. The van der Waals surface area contributed by atoms with Crippen LogP contribution in [0.2, 0.25) is 0 Å². The van der Waals surface area contributed by atoms with E-state index in [1.54, 1.807) is 20.8 Å². The summed E-state index contributed by atoms with van der Waals surface area (Å²) < 4.78 is 10.2. The molecule has 1 aromatic heterocycles. The second kappa shape index (κ2) is 10.5. The number of piperidine rings is 1. The van der Waals surface area contributed by atoms with E-state index in [2.05, 4.69) is 5.32 Å². The summed E-state index contributed by atoms with van der Waals surface area (Å²) in [6.45, 7) is 8.33. The number of anilines is 1. The zero-order valence-electron chi connectivity index (χ0n) is 17.3. The van der Waals surface area contributed by atoms with Crippen molar-refractivity contribution in [2.45, 2.75) is 40.5 Å². The van der Waals surface area contributed by atoms with Crippen LogP contribution in [-0.4, -0.2) is 61.4 Å². The molecule has 1 N–H and O–H groups in total. The van der Waals surface area contributed by atoms with Gasteiger partial charge in [-0.2, -0.15) is 0 Å². The summed E-state index contributed by atoms with van der Waals surface area (Å²) in [4.78, 5) is 51.1. The van der Waals surface area contributed by atoms with Gasteiger partial charge in [-0.05, 0) is 52.6 Å². The summed E-state index contributed by atoms with van der Waals surface area (Å²) in [5.74, 6) is -1.52. The van der Waals surface area contributed by atoms with Crippen molar-refractivity contribution in [3.8, 4) is 0 Å². The molecule has 0 unspecified atom stereocenters. The largest absolute Gasteiger partial charge is 0.466 e. The monoisotopic (exact) mass is 424 g/mol. The van der Waals surface area contributed by atoms with Crippen molar-refractivity contribution in [2.75, 3.05) is 38.2 Å². The smallest absolute Gasteiger partial charge is 0.341 e. The summed E-state index contributed by atoms with van der Waals surface area (Å²) in [7, 11) is 0. The molecule has 1 atom stereocenters. The van der Waals surface area contributed by atoms with E-state index in [0.717, 1.165) is 24.2 Å². The van der Waals surface area contributed by atoms with Crippen molar-refractivity contribution in [2.24, 2.45) is 5.92 Å². The molecule has 0 aliphatic carbocycles. The van der Waals surface area contributed by atoms with Gasteiger partial charge in [0.2, 0.25) is 5.91 Å². The number of esters is 2. The Morgan fingerprint density at radius 2 is 1.86 bits per heavy atom. The number of thiophene rings is 1. The predicted molar refractivity (Wildman–Crippen MR) is 109 cm³/mol. The maximum atomic E-state index is 12.6. The third kappa shape index (κ3) is 5.86. The van der Waals surface area contributed by atoms with E-state index >= 15 is 0 Å². The van der Waals surface area contributed by atoms with Gasteiger partial charge in [0.25, 0.3) is 0 Å². The van der Waals surface area contributed by atoms with Gasteiger partial charge >= 0.3 is 11.9 Å². The van der Waals surface area contributed by atoms with E-state index < -0.39 is 5.97 Å². The third-order valence-corrected chi connectivity index (χ3v) is 6.00. The molecule has 1 aromatic rings. The van der Waals surface area contributed by atoms with Crippen molar-refractivity contribution in [1.29, 1.82) is 0 Å². The van der Waals surface area contributed by atoms with Crippen LogP contribution < -0.4 is 5.32 Å². The molecule has 0 saturated carbocycles. The maximum Gasteiger partial charge on any atom is 0.341 e. The molecule has 160 valence electrons. The fourth-order valence-corrected chi connectivity index (χ4v) is 4.51. The SMILES string of the molecule is CCOC(=O)c1c(NC(=O)CN2CCC[C@@H](C(=O)OCC)C2)sc(C(C)=O)c1C. The van der Waals surface area contributed by atoms with Crippen molar-refractivity contribution in [1.82, 2.24) is 4.90 Å². The maximum absolute atomic E-state index is 12.6. The van der Waals surface area contributed by atoms with E-state index in [0.29, 0.717) is 35.1 Å². The average molecular weight is 425 g/mol. The number of hydrogen-bond acceptors (Lipinski definition) is 8. The zero-order valence-corrected chi connectivity index (χ0v) is 18.1. The number of ketones is 1. The standard InChI is InChI=1S/C20H28N2O6S/c1-5-27-19(25)14-8-7-9-22(10-14)11-15(24)21-18-16(20(26)28-6-2)12(3)17(29-18)13(4)23/h14H,5-11H2,1-4H3,(H,21,24)/t14-/m1/s1. The predicted octanol–water partition coefficient (Wildman–Crippen LogP) is 2.65. The third-order valence-electron chi connectivity index (χ3n) is 4.69. The summed E-state index contributed by atoms with van der Waals surface area (Å²) in [5, 5.41) is 3.07. The second-order valence-electron chi connectivity index (χ2n) is 6.91. The fourth-order valence-electron chi connectivity index (χ4n) is 3.41. The molecule has 2 rings (SSSR count). The first-order chi connectivity index (χ1) is 13.8. The van der Waals surface area contributed by atoms with Crippen LogP contribution in [0.5, 0.6) is 0 Å². The topological polar surface area (TPSA) is 102 Å². The average Bonchev–Trinajstić information content (AvgIpc) is 2.98. The number of carbonyl (C=O) groups excluding carboxylic acids is 4. The van der Waals surface area contributed by atoms with Crippen LogP contribution in [0.15, 0.2) is 0 Å². The van der Waals surface area contributed by atoms with Gasteiger partial charge in [0, 0.05) is 6.54 Å². The number of nitrogens with one attached hydrogen (secondary N) is 1. The Morgan fingerprint density at radius 3 is 2.48 bits per heavy atom. The van der Waals surface area contributed by atoms with Gasteiger partial charge in [0.15, 0.2) is 5.78 Å². The molecule has 1 saturated heterocycles. The highest BCUT2D eigenvalue weighted by atomic mass is 32.1. The molecule has 0 radical (unpaired) electrons. The number of amides is 1. The zero-order chi connectivity index (χ0) is 21.6. The number of ether oxygens (including phenoxy) is 2. The molecule has 2 heterocycles. The number of carbonyl (C=O) groups is 4. The van der Waals surface area contributed by atoms with Gasteiger partial charge < -0.3 is 14.8 Å². The number of Topliss-reactive ketones (excluding diaryl/α,β-unsaturated/α-hetero) is 1. The van der Waals surface area contributed by atoms with E-state index in [4.69, 9.17) is 9.47 Å². The van der Waals surface area contributed by atoms with Gasteiger partial charge in [0.05, 0.1) is 36.1 Å². The van der Waals surface area contributed by atoms with E-state index in [1.807, 2.05) is 4.90 Å². The highest BCUT2D eigenvalue weighted by Crippen LogP contribution is 2.34. The van der Waals surface area contributed by atoms with Crippen molar-refractivity contribution >= 4 is 40.0 Å². The molecular weight excluding hydrogens is 396 g/mol. The Balaban J connectivity index is 2.10. The Kier molecular flexibility index (Phi) is 8.33. The molecule has 9 heteroatoms. The first-order valence-electron chi connectivity index (χ1n) is 9.78. The van der Waals surface area contributed by atoms with Crippen molar-refractivity contribution in [3.63, 3.8) is 0 Å². The van der Waals surface area contributed by atoms with Gasteiger partial charge in [-0.1, -0.05) is 0 Å². The van der Waals surface area contributed by atoms with Gasteiger partial charge in [-0.15, -0.1) is 11.3 Å². The van der Waals surface area contributed by atoms with Crippen LogP contribution in [0, 0.1) is 12.8 Å². The first-order valence-corrected chi connectivity index (χ1v) is 10.6. The van der Waals surface area contributed by atoms with E-state index in [-0.39, 0.29) is 42.3 Å². The number of rotatable bonds is 8. The van der Waals surface area contributed by atoms with Gasteiger partial charge in [-0.3, -0.25) is 19.3 Å². The summed E-state index contributed by atoms with van der Waals surface area (Å²) >= 11 is 1.08. The van der Waals surface area contributed by atoms with E-state index in [1.165, 1.54) is 6.92 Å². The quantitative estimate of drug-likeness (QED) is 0.505. The summed E-state index contributed by atoms with van der Waals surface area (Å²) in [5.41, 5.74) is 0.732. The molecule has 1 aliphatic rings. The van der Waals surface area contributed by atoms with Gasteiger partial charge in [0.1, 0.15) is 5.00 Å². The minimum atomic E-state index is -0.565. The van der Waals surface area contributed by atoms with Crippen LogP contribution >= 0.6 is 11.3 Å². The molecule has 29 heavy (non-hydrogen) atoms. The lowest BCUT2D eigenvalue weighted by atomic mass is 9.98. The molecule has 1 amide bonds. The normalized spacial score (nSPS) is 16.9. The van der Waals surface area contributed by atoms with Crippen LogP contribution in [-0.2, 0) is 19.1 Å². The van der Waals surface area contributed by atoms with Crippen molar-refractivity contribution in [3.05, 3.63) is 16.0 Å². The van der Waals surface area contributed by atoms with E-state index in [9.17, 15) is 19.2 Å². The molecule has 1 aliphatic heterocycles. The minimum Gasteiger partial charge on any atom is -0.466 e. The fraction of sp³-hybridized carbons (Fsp3) is 0.600. The number of nitrogens with zero attached hydrogens (tertiary/aromatic N) is 1. The van der Waals surface area contributed by atoms with Gasteiger partial charge in [-0.25, -0.2) is 4.79 Å². The first kappa shape index (κ1) is 23.0. The molecule has 0 bridgehead atoms. The highest BCUT2D eigenvalue weighted by Gasteiger charge is 2.29. The van der Waals surface area contributed by atoms with Crippen LogP contribution in [0.4, 0.5) is 5.00 Å². The molecule has 0 aromatic carbocycles. The Hall–Kier alpha value is -2.26.